The summed E-state index contributed by atoms with van der Waals surface area (Å²) in [7, 11) is 1.66. The third-order valence-electron chi connectivity index (χ3n) is 1.31. The second-order valence-corrected chi connectivity index (χ2v) is 1.98. The molecule has 0 radical (unpaired) electrons. The Hall–Kier alpha value is -1.23. The van der Waals surface area contributed by atoms with Crippen LogP contribution in [0.1, 0.15) is 12.2 Å². The number of rotatable bonds is 3. The predicted octanol–water partition coefficient (Wildman–Crippen LogP) is -0.394. The molecule has 60 valence electrons. The van der Waals surface area contributed by atoms with Gasteiger partial charge in [-0.3, -0.25) is 10.1 Å². The van der Waals surface area contributed by atoms with E-state index in [9.17, 15) is 0 Å². The van der Waals surface area contributed by atoms with Crippen LogP contribution in [-0.2, 0) is 0 Å². The van der Waals surface area contributed by atoms with E-state index >= 15 is 0 Å². The minimum atomic E-state index is 0.0768. The van der Waals surface area contributed by atoms with Crippen LogP contribution in [0.25, 0.3) is 0 Å². The van der Waals surface area contributed by atoms with Crippen LogP contribution in [0.15, 0.2) is 11.3 Å². The normalized spacial score (nSPS) is 12.0. The van der Waals surface area contributed by atoms with E-state index in [4.69, 9.17) is 5.11 Å². The van der Waals surface area contributed by atoms with Crippen LogP contribution in [0.2, 0.25) is 0 Å². The zero-order valence-corrected chi connectivity index (χ0v) is 6.28. The Morgan fingerprint density at radius 2 is 2.64 bits per heavy atom. The molecule has 2 N–H and O–H groups in total. The quantitative estimate of drug-likeness (QED) is 0.582. The first-order valence-corrected chi connectivity index (χ1v) is 3.30. The molecule has 0 saturated heterocycles. The lowest BCUT2D eigenvalue weighted by Gasteiger charge is -1.96. The summed E-state index contributed by atoms with van der Waals surface area (Å²) in [6.45, 7) is 0.0768. The molecule has 0 bridgehead atoms. The highest BCUT2D eigenvalue weighted by molar-refractivity contribution is 5.97. The van der Waals surface area contributed by atoms with E-state index in [-0.39, 0.29) is 6.61 Å². The van der Waals surface area contributed by atoms with Gasteiger partial charge in [-0.15, -0.1) is 0 Å². The van der Waals surface area contributed by atoms with Crippen molar-refractivity contribution >= 4 is 5.71 Å². The molecule has 5 heteroatoms. The number of nitrogens with one attached hydrogen (secondary N) is 1. The molecule has 0 aliphatic carbocycles. The number of aromatic amines is 1. The molecular weight excluding hydrogens is 144 g/mol. The topological polar surface area (TPSA) is 74.2 Å². The molecule has 0 aliphatic rings. The van der Waals surface area contributed by atoms with Crippen molar-refractivity contribution in [1.82, 2.24) is 15.2 Å². The van der Waals surface area contributed by atoms with Crippen molar-refractivity contribution in [3.05, 3.63) is 12.2 Å². The molecular formula is C6H10N4O. The van der Waals surface area contributed by atoms with Gasteiger partial charge in [-0.25, -0.2) is 4.98 Å². The van der Waals surface area contributed by atoms with Gasteiger partial charge in [0.1, 0.15) is 6.33 Å². The van der Waals surface area contributed by atoms with E-state index in [0.29, 0.717) is 12.2 Å². The SMILES string of the molecule is CN=C(CCO)c1ncn[nH]1. The number of aromatic nitrogens is 3. The van der Waals surface area contributed by atoms with Crippen LogP contribution in [-0.4, -0.2) is 39.7 Å². The number of H-pyrrole nitrogens is 1. The van der Waals surface area contributed by atoms with Crippen molar-refractivity contribution in [2.45, 2.75) is 6.42 Å². The maximum atomic E-state index is 8.62. The fourth-order valence-corrected chi connectivity index (χ4v) is 0.787. The molecule has 1 rings (SSSR count). The average Bonchev–Trinajstić information content (AvgIpc) is 2.52. The summed E-state index contributed by atoms with van der Waals surface area (Å²) in [6.07, 6.45) is 1.92. The van der Waals surface area contributed by atoms with Gasteiger partial charge in [0, 0.05) is 20.1 Å². The molecule has 0 aromatic carbocycles. The second-order valence-electron chi connectivity index (χ2n) is 1.98. The van der Waals surface area contributed by atoms with Crippen LogP contribution in [0, 0.1) is 0 Å². The highest BCUT2D eigenvalue weighted by atomic mass is 16.3. The van der Waals surface area contributed by atoms with Gasteiger partial charge < -0.3 is 5.11 Å². The summed E-state index contributed by atoms with van der Waals surface area (Å²) in [4.78, 5) is 7.84. The fraction of sp³-hybridized carbons (Fsp3) is 0.500. The van der Waals surface area contributed by atoms with Gasteiger partial charge in [0.15, 0.2) is 5.82 Å². The van der Waals surface area contributed by atoms with E-state index < -0.39 is 0 Å². The lowest BCUT2D eigenvalue weighted by molar-refractivity contribution is 0.307. The van der Waals surface area contributed by atoms with E-state index in [2.05, 4.69) is 20.2 Å². The first kappa shape index (κ1) is 7.87. The maximum absolute atomic E-state index is 8.62. The molecule has 1 heterocycles. The lowest BCUT2D eigenvalue weighted by atomic mass is 10.2. The third-order valence-corrected chi connectivity index (χ3v) is 1.31. The summed E-state index contributed by atoms with van der Waals surface area (Å²) in [5.74, 6) is 0.626. The van der Waals surface area contributed by atoms with Gasteiger partial charge in [0.05, 0.1) is 5.71 Å². The summed E-state index contributed by atoms with van der Waals surface area (Å²) < 4.78 is 0. The number of aliphatic hydroxyl groups is 1. The number of hydrogen-bond acceptors (Lipinski definition) is 4. The zero-order chi connectivity index (χ0) is 8.10. The Kier molecular flexibility index (Phi) is 2.74. The molecule has 0 fully saturated rings. The van der Waals surface area contributed by atoms with Crippen molar-refractivity contribution in [2.75, 3.05) is 13.7 Å². The Labute approximate surface area is 64.2 Å². The van der Waals surface area contributed by atoms with Crippen LogP contribution < -0.4 is 0 Å². The molecule has 5 nitrogen and oxygen atoms in total. The van der Waals surface area contributed by atoms with Crippen LogP contribution in [0.3, 0.4) is 0 Å². The zero-order valence-electron chi connectivity index (χ0n) is 6.28. The van der Waals surface area contributed by atoms with Crippen LogP contribution in [0.4, 0.5) is 0 Å². The van der Waals surface area contributed by atoms with Crippen molar-refractivity contribution in [1.29, 1.82) is 0 Å². The smallest absolute Gasteiger partial charge is 0.169 e. The largest absolute Gasteiger partial charge is 0.396 e. The highest BCUT2D eigenvalue weighted by Crippen LogP contribution is 1.94. The van der Waals surface area contributed by atoms with E-state index in [0.717, 1.165) is 5.71 Å². The first-order valence-electron chi connectivity index (χ1n) is 3.30. The molecule has 0 atom stereocenters. The van der Waals surface area contributed by atoms with E-state index in [1.54, 1.807) is 7.05 Å². The fourth-order valence-electron chi connectivity index (χ4n) is 0.787. The maximum Gasteiger partial charge on any atom is 0.169 e. The Morgan fingerprint density at radius 3 is 3.09 bits per heavy atom. The molecule has 1 aromatic rings. The standard InChI is InChI=1S/C6H10N4O/c1-7-5(2-3-11)6-8-4-9-10-6/h4,11H,2-3H2,1H3,(H,8,9,10). The average molecular weight is 154 g/mol. The monoisotopic (exact) mass is 154 g/mol. The number of aliphatic imine (C=N–C) groups is 1. The highest BCUT2D eigenvalue weighted by Gasteiger charge is 2.03. The number of nitrogens with zero attached hydrogens (tertiary/aromatic N) is 3. The molecule has 0 aliphatic heterocycles. The van der Waals surface area contributed by atoms with Gasteiger partial charge in [0.2, 0.25) is 0 Å². The molecule has 0 amide bonds. The number of hydrogen-bond donors (Lipinski definition) is 2. The molecule has 0 spiro atoms. The molecule has 11 heavy (non-hydrogen) atoms. The summed E-state index contributed by atoms with van der Waals surface area (Å²) >= 11 is 0. The Morgan fingerprint density at radius 1 is 1.82 bits per heavy atom. The molecule has 0 unspecified atom stereocenters. The van der Waals surface area contributed by atoms with Crippen molar-refractivity contribution in [2.24, 2.45) is 4.99 Å². The van der Waals surface area contributed by atoms with Gasteiger partial charge in [0.25, 0.3) is 0 Å². The van der Waals surface area contributed by atoms with Gasteiger partial charge in [-0.2, -0.15) is 5.10 Å². The van der Waals surface area contributed by atoms with Gasteiger partial charge >= 0.3 is 0 Å². The molecule has 0 saturated carbocycles. The van der Waals surface area contributed by atoms with Crippen LogP contribution >= 0.6 is 0 Å². The second kappa shape index (κ2) is 3.82. The molecule has 1 aromatic heterocycles. The minimum Gasteiger partial charge on any atom is -0.396 e. The summed E-state index contributed by atoms with van der Waals surface area (Å²) in [5.41, 5.74) is 0.741. The van der Waals surface area contributed by atoms with Crippen LogP contribution in [0.5, 0.6) is 0 Å². The minimum absolute atomic E-state index is 0.0768. The predicted molar refractivity (Wildman–Crippen MR) is 40.5 cm³/mol. The first-order chi connectivity index (χ1) is 5.38. The Bertz CT molecular complexity index is 229. The Balaban J connectivity index is 2.72. The summed E-state index contributed by atoms with van der Waals surface area (Å²) in [5, 5.41) is 15.0. The summed E-state index contributed by atoms with van der Waals surface area (Å²) in [6, 6.07) is 0. The third kappa shape index (κ3) is 1.84. The van der Waals surface area contributed by atoms with E-state index in [1.807, 2.05) is 0 Å². The van der Waals surface area contributed by atoms with Gasteiger partial charge in [-0.05, 0) is 0 Å². The van der Waals surface area contributed by atoms with Crippen molar-refractivity contribution < 1.29 is 5.11 Å². The van der Waals surface area contributed by atoms with E-state index in [1.165, 1.54) is 6.33 Å². The number of aliphatic hydroxyl groups excluding tert-OH is 1. The lowest BCUT2D eigenvalue weighted by Crippen LogP contribution is -2.05. The van der Waals surface area contributed by atoms with Crippen molar-refractivity contribution in [3.63, 3.8) is 0 Å². The van der Waals surface area contributed by atoms with Crippen molar-refractivity contribution in [3.8, 4) is 0 Å². The van der Waals surface area contributed by atoms with Gasteiger partial charge in [-0.1, -0.05) is 0 Å².